The predicted molar refractivity (Wildman–Crippen MR) is 125 cm³/mol. The number of nitrogens with zero attached hydrogens (tertiary/aromatic N) is 3. The first-order chi connectivity index (χ1) is 16.1. The molecule has 5 aromatic rings. The summed E-state index contributed by atoms with van der Waals surface area (Å²) in [7, 11) is 0. The summed E-state index contributed by atoms with van der Waals surface area (Å²) in [5.41, 5.74) is 5.86. The summed E-state index contributed by atoms with van der Waals surface area (Å²) in [5.74, 6) is -0.680. The standard InChI is InChI=1S/C25H18FN5O2/c26-18-11-9-16(10-12-18)24-17(14-28-30-24)13-27-29-23(32)15-31-21-7-3-1-5-19(21)25(33)20-6-2-4-8-22(20)31/h1-14H,15H2,(H,28,30)(H,29,32). The molecular formula is C25H18FN5O2. The number of aromatic nitrogens is 3. The van der Waals surface area contributed by atoms with Gasteiger partial charge in [-0.25, -0.2) is 9.82 Å². The van der Waals surface area contributed by atoms with E-state index in [9.17, 15) is 14.0 Å². The van der Waals surface area contributed by atoms with Crippen molar-refractivity contribution in [3.8, 4) is 11.3 Å². The predicted octanol–water partition coefficient (Wildman–Crippen LogP) is 3.83. The smallest absolute Gasteiger partial charge is 0.260 e. The molecule has 0 radical (unpaired) electrons. The quantitative estimate of drug-likeness (QED) is 0.248. The second-order valence-corrected chi connectivity index (χ2v) is 7.45. The molecule has 7 nitrogen and oxygen atoms in total. The fraction of sp³-hybridized carbons (Fsp3) is 0.0400. The number of carbonyl (C=O) groups excluding carboxylic acids is 1. The molecular weight excluding hydrogens is 421 g/mol. The minimum absolute atomic E-state index is 0.0190. The summed E-state index contributed by atoms with van der Waals surface area (Å²) >= 11 is 0. The van der Waals surface area contributed by atoms with Crippen molar-refractivity contribution in [2.75, 3.05) is 0 Å². The van der Waals surface area contributed by atoms with Gasteiger partial charge in [0.15, 0.2) is 5.43 Å². The number of pyridine rings is 1. The van der Waals surface area contributed by atoms with E-state index in [4.69, 9.17) is 0 Å². The van der Waals surface area contributed by atoms with E-state index in [1.807, 2.05) is 24.3 Å². The molecule has 162 valence electrons. The molecule has 3 aromatic carbocycles. The molecule has 5 rings (SSSR count). The molecule has 8 heteroatoms. The fourth-order valence-corrected chi connectivity index (χ4v) is 3.84. The summed E-state index contributed by atoms with van der Waals surface area (Å²) in [6.45, 7) is -0.0190. The van der Waals surface area contributed by atoms with Crippen molar-refractivity contribution < 1.29 is 9.18 Å². The monoisotopic (exact) mass is 439 g/mol. The van der Waals surface area contributed by atoms with E-state index < -0.39 is 0 Å². The third-order valence-corrected chi connectivity index (χ3v) is 5.38. The SMILES string of the molecule is O=C(Cn1c2ccccc2c(=O)c2ccccc21)NN=Cc1cn[nH]c1-c1ccc(F)cc1. The molecule has 0 fully saturated rings. The molecule has 0 spiro atoms. The van der Waals surface area contributed by atoms with Gasteiger partial charge in [-0.05, 0) is 48.5 Å². The van der Waals surface area contributed by atoms with Crippen LogP contribution in [0.5, 0.6) is 0 Å². The Morgan fingerprint density at radius 1 is 1.00 bits per heavy atom. The van der Waals surface area contributed by atoms with E-state index in [1.54, 1.807) is 47.2 Å². The number of aromatic amines is 1. The van der Waals surface area contributed by atoms with Crippen LogP contribution in [0.25, 0.3) is 33.1 Å². The lowest BCUT2D eigenvalue weighted by atomic mass is 10.1. The number of para-hydroxylation sites is 2. The molecule has 2 N–H and O–H groups in total. The van der Waals surface area contributed by atoms with Crippen molar-refractivity contribution in [2.24, 2.45) is 5.10 Å². The number of fused-ring (bicyclic) bond motifs is 2. The minimum Gasteiger partial charge on any atom is -0.331 e. The van der Waals surface area contributed by atoms with Gasteiger partial charge in [0.2, 0.25) is 0 Å². The zero-order valence-corrected chi connectivity index (χ0v) is 17.3. The Labute approximate surface area is 187 Å². The van der Waals surface area contributed by atoms with Crippen molar-refractivity contribution >= 4 is 33.9 Å². The first kappa shape index (κ1) is 20.3. The van der Waals surface area contributed by atoms with Crippen molar-refractivity contribution in [1.29, 1.82) is 0 Å². The average Bonchev–Trinajstić information content (AvgIpc) is 3.31. The van der Waals surface area contributed by atoms with Crippen LogP contribution in [0.4, 0.5) is 4.39 Å². The number of hydrogen-bond acceptors (Lipinski definition) is 4. The van der Waals surface area contributed by atoms with E-state index >= 15 is 0 Å². The van der Waals surface area contributed by atoms with Gasteiger partial charge in [-0.2, -0.15) is 10.2 Å². The van der Waals surface area contributed by atoms with Gasteiger partial charge in [0.05, 0.1) is 29.1 Å². The van der Waals surface area contributed by atoms with E-state index in [0.29, 0.717) is 33.1 Å². The van der Waals surface area contributed by atoms with Crippen molar-refractivity contribution in [3.05, 3.63) is 101 Å². The second kappa shape index (κ2) is 8.51. The maximum Gasteiger partial charge on any atom is 0.260 e. The molecule has 0 bridgehead atoms. The van der Waals surface area contributed by atoms with Crippen molar-refractivity contribution in [2.45, 2.75) is 6.54 Å². The lowest BCUT2D eigenvalue weighted by Gasteiger charge is -2.14. The summed E-state index contributed by atoms with van der Waals surface area (Å²) in [6.07, 6.45) is 3.04. The maximum absolute atomic E-state index is 13.2. The van der Waals surface area contributed by atoms with Crippen LogP contribution in [0, 0.1) is 5.82 Å². The van der Waals surface area contributed by atoms with E-state index in [0.717, 1.165) is 5.56 Å². The highest BCUT2D eigenvalue weighted by atomic mass is 19.1. The number of carbonyl (C=O) groups is 1. The van der Waals surface area contributed by atoms with Crippen molar-refractivity contribution in [3.63, 3.8) is 0 Å². The molecule has 0 aliphatic heterocycles. The highest BCUT2D eigenvalue weighted by Crippen LogP contribution is 2.20. The lowest BCUT2D eigenvalue weighted by Crippen LogP contribution is -2.25. The Bertz CT molecular complexity index is 1510. The van der Waals surface area contributed by atoms with Crippen LogP contribution in [-0.4, -0.2) is 26.9 Å². The Balaban J connectivity index is 1.40. The van der Waals surface area contributed by atoms with Gasteiger partial charge >= 0.3 is 0 Å². The molecule has 0 saturated carbocycles. The van der Waals surface area contributed by atoms with E-state index in [1.165, 1.54) is 18.3 Å². The zero-order chi connectivity index (χ0) is 22.8. The number of rotatable bonds is 5. The Morgan fingerprint density at radius 3 is 2.30 bits per heavy atom. The molecule has 1 amide bonds. The summed E-state index contributed by atoms with van der Waals surface area (Å²) < 4.78 is 15.0. The number of nitrogens with one attached hydrogen (secondary N) is 2. The first-order valence-corrected chi connectivity index (χ1v) is 10.2. The van der Waals surface area contributed by atoms with Gasteiger partial charge in [-0.15, -0.1) is 0 Å². The number of H-pyrrole nitrogens is 1. The topological polar surface area (TPSA) is 92.1 Å². The van der Waals surface area contributed by atoms with Gasteiger partial charge in [0.25, 0.3) is 5.91 Å². The van der Waals surface area contributed by atoms with Gasteiger partial charge < -0.3 is 4.57 Å². The molecule has 2 aromatic heterocycles. The number of halogens is 1. The largest absolute Gasteiger partial charge is 0.331 e. The minimum atomic E-state index is -0.350. The molecule has 0 saturated heterocycles. The maximum atomic E-state index is 13.2. The van der Waals surface area contributed by atoms with Crippen LogP contribution in [0.2, 0.25) is 0 Å². The summed E-state index contributed by atoms with van der Waals surface area (Å²) in [4.78, 5) is 25.5. The molecule has 0 unspecified atom stereocenters. The molecule has 0 aliphatic carbocycles. The number of amides is 1. The third kappa shape index (κ3) is 3.89. The fourth-order valence-electron chi connectivity index (χ4n) is 3.84. The van der Waals surface area contributed by atoms with Gasteiger partial charge in [0.1, 0.15) is 12.4 Å². The molecule has 0 aliphatic rings. The van der Waals surface area contributed by atoms with Crippen LogP contribution in [0.3, 0.4) is 0 Å². The van der Waals surface area contributed by atoms with Crippen LogP contribution in [0.15, 0.2) is 88.9 Å². The van der Waals surface area contributed by atoms with Crippen LogP contribution in [0.1, 0.15) is 5.56 Å². The van der Waals surface area contributed by atoms with E-state index in [2.05, 4.69) is 20.7 Å². The van der Waals surface area contributed by atoms with Crippen LogP contribution >= 0.6 is 0 Å². The van der Waals surface area contributed by atoms with Gasteiger partial charge in [-0.3, -0.25) is 14.7 Å². The summed E-state index contributed by atoms with van der Waals surface area (Å²) in [5, 5.41) is 12.0. The molecule has 33 heavy (non-hydrogen) atoms. The number of benzene rings is 3. The third-order valence-electron chi connectivity index (χ3n) is 5.38. The number of hydrazone groups is 1. The zero-order valence-electron chi connectivity index (χ0n) is 17.3. The Morgan fingerprint density at radius 2 is 1.64 bits per heavy atom. The van der Waals surface area contributed by atoms with Crippen LogP contribution in [-0.2, 0) is 11.3 Å². The second-order valence-electron chi connectivity index (χ2n) is 7.45. The van der Waals surface area contributed by atoms with E-state index in [-0.39, 0.29) is 23.7 Å². The van der Waals surface area contributed by atoms with Crippen molar-refractivity contribution in [1.82, 2.24) is 20.2 Å². The molecule has 2 heterocycles. The first-order valence-electron chi connectivity index (χ1n) is 10.2. The molecule has 0 atom stereocenters. The lowest BCUT2D eigenvalue weighted by molar-refractivity contribution is -0.121. The van der Waals surface area contributed by atoms with Gasteiger partial charge in [0, 0.05) is 21.9 Å². The Kier molecular flexibility index (Phi) is 5.24. The summed E-state index contributed by atoms with van der Waals surface area (Å²) in [6, 6.07) is 20.4. The highest BCUT2D eigenvalue weighted by molar-refractivity contribution is 5.95. The van der Waals surface area contributed by atoms with Crippen LogP contribution < -0.4 is 10.9 Å². The highest BCUT2D eigenvalue weighted by Gasteiger charge is 2.12. The average molecular weight is 439 g/mol. The normalized spacial score (nSPS) is 11.4. The number of hydrogen-bond donors (Lipinski definition) is 2. The van der Waals surface area contributed by atoms with Gasteiger partial charge in [-0.1, -0.05) is 24.3 Å². The Hall–Kier alpha value is -4.59.